The van der Waals surface area contributed by atoms with E-state index >= 15 is 0 Å². The molecular formula is C32H31NO2. The maximum Gasteiger partial charge on any atom is 0.139 e. The van der Waals surface area contributed by atoms with Crippen LogP contribution in [0.1, 0.15) is 39.2 Å². The first-order chi connectivity index (χ1) is 16.9. The van der Waals surface area contributed by atoms with Gasteiger partial charge in [-0.05, 0) is 64.6 Å². The molecule has 4 aromatic carbocycles. The first-order valence-electron chi connectivity index (χ1n) is 12.8. The van der Waals surface area contributed by atoms with E-state index in [9.17, 15) is 0 Å². The van der Waals surface area contributed by atoms with Crippen molar-refractivity contribution in [2.75, 3.05) is 7.11 Å². The lowest BCUT2D eigenvalue weighted by Gasteiger charge is -2.64. The Labute approximate surface area is 206 Å². The monoisotopic (exact) mass is 461 g/mol. The van der Waals surface area contributed by atoms with E-state index in [4.69, 9.17) is 14.7 Å². The summed E-state index contributed by atoms with van der Waals surface area (Å²) in [4.78, 5) is 6.22. The molecule has 176 valence electrons. The predicted molar refractivity (Wildman–Crippen MR) is 143 cm³/mol. The third-order valence-corrected chi connectivity index (χ3v) is 9.69. The molecule has 0 aromatic heterocycles. The average molecular weight is 462 g/mol. The summed E-state index contributed by atoms with van der Waals surface area (Å²) in [5.41, 5.74) is 4.81. The molecule has 2 bridgehead atoms. The first kappa shape index (κ1) is 21.0. The fourth-order valence-electron chi connectivity index (χ4n) is 7.60. The van der Waals surface area contributed by atoms with Crippen LogP contribution in [0.3, 0.4) is 0 Å². The molecule has 0 amide bonds. The van der Waals surface area contributed by atoms with E-state index < -0.39 is 0 Å². The molecule has 8 rings (SSSR count). The number of rotatable bonds is 3. The van der Waals surface area contributed by atoms with E-state index in [1.165, 1.54) is 39.1 Å². The molecule has 3 heteroatoms. The van der Waals surface area contributed by atoms with Crippen molar-refractivity contribution >= 4 is 27.3 Å². The van der Waals surface area contributed by atoms with Gasteiger partial charge in [-0.3, -0.25) is 0 Å². The summed E-state index contributed by atoms with van der Waals surface area (Å²) in [5.74, 6) is 2.18. The number of hydrogen-bond acceptors (Lipinski definition) is 3. The van der Waals surface area contributed by atoms with Gasteiger partial charge in [-0.15, -0.1) is 0 Å². The molecule has 3 fully saturated rings. The van der Waals surface area contributed by atoms with Crippen molar-refractivity contribution in [3.05, 3.63) is 78.4 Å². The van der Waals surface area contributed by atoms with Crippen molar-refractivity contribution in [1.29, 1.82) is 0 Å². The molecule has 4 aromatic rings. The van der Waals surface area contributed by atoms with Crippen molar-refractivity contribution in [2.45, 2.75) is 39.7 Å². The summed E-state index contributed by atoms with van der Waals surface area (Å²) in [6.45, 7) is 7.29. The Morgan fingerprint density at radius 1 is 0.800 bits per heavy atom. The Morgan fingerprint density at radius 2 is 1.46 bits per heavy atom. The predicted octanol–water partition coefficient (Wildman–Crippen LogP) is 7.84. The van der Waals surface area contributed by atoms with Gasteiger partial charge in [0.2, 0.25) is 0 Å². The highest BCUT2D eigenvalue weighted by atomic mass is 16.6. The molecular weight excluding hydrogens is 430 g/mol. The van der Waals surface area contributed by atoms with Crippen LogP contribution in [0.4, 0.5) is 0 Å². The molecule has 0 spiro atoms. The van der Waals surface area contributed by atoms with Crippen LogP contribution in [0.15, 0.2) is 78.0 Å². The van der Waals surface area contributed by atoms with Gasteiger partial charge in [0.1, 0.15) is 11.9 Å². The molecule has 0 saturated heterocycles. The smallest absolute Gasteiger partial charge is 0.139 e. The summed E-state index contributed by atoms with van der Waals surface area (Å²) in [7, 11) is 1.77. The largest absolute Gasteiger partial charge is 0.496 e. The fraction of sp³-hybridized carbons (Fsp3) is 0.344. The molecule has 0 N–H and O–H groups in total. The highest BCUT2D eigenvalue weighted by Crippen LogP contribution is 2.68. The summed E-state index contributed by atoms with van der Waals surface area (Å²) < 4.78 is 6.00. The Kier molecular flexibility index (Phi) is 4.26. The van der Waals surface area contributed by atoms with Crippen LogP contribution in [-0.4, -0.2) is 18.9 Å². The molecule has 3 nitrogen and oxygen atoms in total. The zero-order valence-electron chi connectivity index (χ0n) is 20.8. The highest BCUT2D eigenvalue weighted by Gasteiger charge is 2.68. The Morgan fingerprint density at radius 3 is 2.14 bits per heavy atom. The molecule has 0 radical (unpaired) electrons. The van der Waals surface area contributed by atoms with Crippen molar-refractivity contribution in [3.63, 3.8) is 0 Å². The van der Waals surface area contributed by atoms with Crippen molar-refractivity contribution in [3.8, 4) is 16.9 Å². The van der Waals surface area contributed by atoms with E-state index in [0.29, 0.717) is 11.3 Å². The van der Waals surface area contributed by atoms with Gasteiger partial charge in [0.05, 0.1) is 18.2 Å². The minimum Gasteiger partial charge on any atom is -0.496 e. The normalized spacial score (nSPS) is 28.2. The quantitative estimate of drug-likeness (QED) is 0.311. The second-order valence-corrected chi connectivity index (χ2v) is 11.4. The number of ether oxygens (including phenoxy) is 1. The second-order valence-electron chi connectivity index (χ2n) is 11.4. The molecule has 0 unspecified atom stereocenters. The zero-order valence-corrected chi connectivity index (χ0v) is 20.8. The lowest BCUT2D eigenvalue weighted by molar-refractivity contribution is -0.180. The number of oxime groups is 1. The number of fused-ring (bicyclic) bond motifs is 2. The van der Waals surface area contributed by atoms with Gasteiger partial charge >= 0.3 is 0 Å². The van der Waals surface area contributed by atoms with Crippen molar-refractivity contribution in [1.82, 2.24) is 0 Å². The SMILES string of the molecule is COc1ccc2ccccc2c1-c1c(C2=NO[C@H]3C[C@H]4C[C@H](C4(C)C)[C@@]23C)ccc2ccccc12. The number of benzene rings is 4. The zero-order chi connectivity index (χ0) is 23.9. The molecule has 1 heterocycles. The minimum absolute atomic E-state index is 0.104. The third kappa shape index (κ3) is 2.64. The van der Waals surface area contributed by atoms with Gasteiger partial charge in [-0.2, -0.15) is 0 Å². The molecule has 4 atom stereocenters. The van der Waals surface area contributed by atoms with Gasteiger partial charge < -0.3 is 9.57 Å². The van der Waals surface area contributed by atoms with Crippen LogP contribution in [0.25, 0.3) is 32.7 Å². The molecule has 3 saturated carbocycles. The first-order valence-corrected chi connectivity index (χ1v) is 12.8. The molecule has 4 aliphatic rings. The van der Waals surface area contributed by atoms with Crippen molar-refractivity contribution < 1.29 is 9.57 Å². The highest BCUT2D eigenvalue weighted by molar-refractivity contribution is 6.19. The van der Waals surface area contributed by atoms with Crippen LogP contribution in [0.2, 0.25) is 0 Å². The Balaban J connectivity index is 1.55. The average Bonchev–Trinajstić information content (AvgIpc) is 3.24. The maximum atomic E-state index is 6.22. The van der Waals surface area contributed by atoms with Crippen LogP contribution >= 0.6 is 0 Å². The van der Waals surface area contributed by atoms with E-state index in [2.05, 4.69) is 93.6 Å². The van der Waals surface area contributed by atoms with Crippen LogP contribution < -0.4 is 4.74 Å². The van der Waals surface area contributed by atoms with Gasteiger partial charge in [-0.25, -0.2) is 0 Å². The van der Waals surface area contributed by atoms with Gasteiger partial charge in [-0.1, -0.05) is 85.7 Å². The van der Waals surface area contributed by atoms with E-state index in [0.717, 1.165) is 29.4 Å². The summed E-state index contributed by atoms with van der Waals surface area (Å²) in [6.07, 6.45) is 2.51. The third-order valence-electron chi connectivity index (χ3n) is 9.69. The molecule has 35 heavy (non-hydrogen) atoms. The minimum atomic E-state index is -0.104. The summed E-state index contributed by atoms with van der Waals surface area (Å²) in [5, 5.41) is 9.70. The number of nitrogens with zero attached hydrogens (tertiary/aromatic N) is 1. The molecule has 3 aliphatic carbocycles. The topological polar surface area (TPSA) is 30.8 Å². The van der Waals surface area contributed by atoms with E-state index in [1.54, 1.807) is 7.11 Å². The van der Waals surface area contributed by atoms with Crippen LogP contribution in [-0.2, 0) is 4.84 Å². The van der Waals surface area contributed by atoms with E-state index in [-0.39, 0.29) is 11.5 Å². The number of hydrogen-bond donors (Lipinski definition) is 0. The lowest BCUT2D eigenvalue weighted by atomic mass is 9.39. The standard InChI is InChI=1S/C32H31NO2/c1-31(2)21-17-26(31)32(3)27(18-21)35-33-30(32)24-15-13-19-9-5-7-11-22(19)28(24)29-23-12-8-6-10-20(23)14-16-25(29)34-4/h5-16,21,26-27H,17-18H2,1-4H3/t21-,26-,27+,32-/m1/s1. The van der Waals surface area contributed by atoms with Crippen LogP contribution in [0.5, 0.6) is 5.75 Å². The second kappa shape index (κ2) is 7.10. The lowest BCUT2D eigenvalue weighted by Crippen LogP contribution is -2.63. The van der Waals surface area contributed by atoms with Gasteiger partial charge in [0, 0.05) is 16.7 Å². The Hall–Kier alpha value is -3.33. The Bertz CT molecular complexity index is 1530. The van der Waals surface area contributed by atoms with Crippen molar-refractivity contribution in [2.24, 2.45) is 27.8 Å². The maximum absolute atomic E-state index is 6.22. The van der Waals surface area contributed by atoms with E-state index in [1.807, 2.05) is 0 Å². The van der Waals surface area contributed by atoms with Gasteiger partial charge in [0.15, 0.2) is 0 Å². The summed E-state index contributed by atoms with van der Waals surface area (Å²) >= 11 is 0. The summed E-state index contributed by atoms with van der Waals surface area (Å²) in [6, 6.07) is 26.0. The molecule has 1 aliphatic heterocycles. The number of methoxy groups -OCH3 is 1. The van der Waals surface area contributed by atoms with Crippen LogP contribution in [0, 0.1) is 22.7 Å². The van der Waals surface area contributed by atoms with Gasteiger partial charge in [0.25, 0.3) is 0 Å². The fourth-order valence-corrected chi connectivity index (χ4v) is 7.60.